The average Bonchev–Trinajstić information content (AvgIpc) is 2.46. The van der Waals surface area contributed by atoms with Gasteiger partial charge in [0.1, 0.15) is 0 Å². The summed E-state index contributed by atoms with van der Waals surface area (Å²) in [6, 6.07) is 11.3. The van der Waals surface area contributed by atoms with Gasteiger partial charge in [-0.2, -0.15) is 10.2 Å². The van der Waals surface area contributed by atoms with Gasteiger partial charge in [-0.3, -0.25) is 0 Å². The van der Waals surface area contributed by atoms with E-state index in [-0.39, 0.29) is 22.3 Å². The third-order valence-electron chi connectivity index (χ3n) is 3.84. The van der Waals surface area contributed by atoms with Crippen LogP contribution < -0.4 is 0 Å². The Hall–Kier alpha value is -2.36. The highest BCUT2D eigenvalue weighted by molar-refractivity contribution is 5.66. The monoisotopic (exact) mass is 326 g/mol. The molecular formula is C20H26N2O2. The Morgan fingerprint density at radius 1 is 0.750 bits per heavy atom. The van der Waals surface area contributed by atoms with Crippen LogP contribution in [0.25, 0.3) is 0 Å². The van der Waals surface area contributed by atoms with E-state index in [1.165, 1.54) is 0 Å². The molecule has 0 spiro atoms. The molecule has 0 heterocycles. The molecule has 0 amide bonds. The van der Waals surface area contributed by atoms with Crippen LogP contribution in [0.2, 0.25) is 0 Å². The topological polar surface area (TPSA) is 65.2 Å². The predicted molar refractivity (Wildman–Crippen MR) is 97.8 cm³/mol. The lowest BCUT2D eigenvalue weighted by molar-refractivity contribution is 0.377. The zero-order chi connectivity index (χ0) is 18.1. The van der Waals surface area contributed by atoms with Crippen molar-refractivity contribution in [2.24, 2.45) is 10.2 Å². The minimum atomic E-state index is -0.386. The van der Waals surface area contributed by atoms with Gasteiger partial charge in [0.15, 0.2) is 11.5 Å². The third-order valence-corrected chi connectivity index (χ3v) is 3.84. The molecular weight excluding hydrogens is 300 g/mol. The highest BCUT2D eigenvalue weighted by Crippen LogP contribution is 2.48. The van der Waals surface area contributed by atoms with E-state index in [2.05, 4.69) is 10.2 Å². The van der Waals surface area contributed by atoms with E-state index < -0.39 is 0 Å². The molecule has 0 aliphatic carbocycles. The third kappa shape index (κ3) is 3.75. The summed E-state index contributed by atoms with van der Waals surface area (Å²) in [5.74, 6) is -0.192. The molecule has 4 heteroatoms. The zero-order valence-electron chi connectivity index (χ0n) is 15.3. The summed E-state index contributed by atoms with van der Waals surface area (Å²) in [7, 11) is 0. The summed E-state index contributed by atoms with van der Waals surface area (Å²) in [5, 5.41) is 29.7. The summed E-state index contributed by atoms with van der Waals surface area (Å²) in [4.78, 5) is 0. The normalized spacial score (nSPS) is 12.8. The van der Waals surface area contributed by atoms with Gasteiger partial charge >= 0.3 is 0 Å². The first-order chi connectivity index (χ1) is 11.0. The maximum atomic E-state index is 10.6. The van der Waals surface area contributed by atoms with Crippen molar-refractivity contribution in [3.05, 3.63) is 47.5 Å². The number of nitrogens with zero attached hydrogens (tertiary/aromatic N) is 2. The first-order valence-electron chi connectivity index (χ1n) is 8.08. The maximum Gasteiger partial charge on any atom is 0.163 e. The van der Waals surface area contributed by atoms with Crippen LogP contribution in [0.3, 0.4) is 0 Å². The number of hydrogen-bond acceptors (Lipinski definition) is 4. The van der Waals surface area contributed by atoms with Crippen molar-refractivity contribution < 1.29 is 10.2 Å². The molecule has 0 fully saturated rings. The van der Waals surface area contributed by atoms with E-state index >= 15 is 0 Å². The van der Waals surface area contributed by atoms with E-state index in [9.17, 15) is 10.2 Å². The highest BCUT2D eigenvalue weighted by Gasteiger charge is 2.30. The lowest BCUT2D eigenvalue weighted by Crippen LogP contribution is -2.16. The van der Waals surface area contributed by atoms with Crippen LogP contribution in [-0.2, 0) is 10.8 Å². The number of hydrogen-bond donors (Lipinski definition) is 2. The van der Waals surface area contributed by atoms with Crippen LogP contribution in [0, 0.1) is 0 Å². The second kappa shape index (κ2) is 6.27. The molecule has 0 bridgehead atoms. The molecule has 2 aromatic carbocycles. The fourth-order valence-corrected chi connectivity index (χ4v) is 2.64. The number of azo groups is 1. The van der Waals surface area contributed by atoms with E-state index in [1.807, 2.05) is 77.9 Å². The Balaban J connectivity index is 2.68. The highest BCUT2D eigenvalue weighted by atomic mass is 16.3. The fraction of sp³-hybridized carbons (Fsp3) is 0.400. The van der Waals surface area contributed by atoms with E-state index in [1.54, 1.807) is 0 Å². The molecule has 2 rings (SSSR count). The van der Waals surface area contributed by atoms with Crippen molar-refractivity contribution >= 4 is 11.4 Å². The largest absolute Gasteiger partial charge is 0.504 e. The van der Waals surface area contributed by atoms with Gasteiger partial charge in [-0.05, 0) is 29.0 Å². The number of phenolic OH excluding ortho intramolecular Hbond substituents is 2. The van der Waals surface area contributed by atoms with Crippen LogP contribution in [0.1, 0.15) is 52.7 Å². The Morgan fingerprint density at radius 3 is 1.83 bits per heavy atom. The Bertz CT molecular complexity index is 752. The van der Waals surface area contributed by atoms with E-state index in [4.69, 9.17) is 0 Å². The van der Waals surface area contributed by atoms with Crippen molar-refractivity contribution in [3.8, 4) is 11.5 Å². The molecule has 0 atom stereocenters. The minimum absolute atomic E-state index is 0.0777. The summed E-state index contributed by atoms with van der Waals surface area (Å²) < 4.78 is 0. The average molecular weight is 326 g/mol. The first-order valence-corrected chi connectivity index (χ1v) is 8.08. The van der Waals surface area contributed by atoms with Crippen molar-refractivity contribution in [2.45, 2.75) is 52.4 Å². The van der Waals surface area contributed by atoms with Crippen LogP contribution >= 0.6 is 0 Å². The molecule has 0 unspecified atom stereocenters. The lowest BCUT2D eigenvalue weighted by atomic mass is 9.79. The van der Waals surface area contributed by atoms with E-state index in [0.29, 0.717) is 16.8 Å². The van der Waals surface area contributed by atoms with Gasteiger partial charge in [0.05, 0.1) is 11.4 Å². The Labute approximate surface area is 143 Å². The first kappa shape index (κ1) is 18.0. The van der Waals surface area contributed by atoms with Crippen LogP contribution in [0.5, 0.6) is 11.5 Å². The van der Waals surface area contributed by atoms with Crippen LogP contribution in [0.15, 0.2) is 46.6 Å². The van der Waals surface area contributed by atoms with Gasteiger partial charge in [-0.15, -0.1) is 0 Å². The van der Waals surface area contributed by atoms with Gasteiger partial charge in [-0.1, -0.05) is 59.7 Å². The smallest absolute Gasteiger partial charge is 0.163 e. The van der Waals surface area contributed by atoms with Crippen LogP contribution in [0.4, 0.5) is 11.4 Å². The van der Waals surface area contributed by atoms with Crippen molar-refractivity contribution in [3.63, 3.8) is 0 Å². The summed E-state index contributed by atoms with van der Waals surface area (Å²) in [6.07, 6.45) is 0. The zero-order valence-corrected chi connectivity index (χ0v) is 15.3. The van der Waals surface area contributed by atoms with Crippen molar-refractivity contribution in [1.82, 2.24) is 0 Å². The molecule has 0 aliphatic heterocycles. The Kier molecular flexibility index (Phi) is 4.70. The molecule has 2 aromatic rings. The molecule has 0 saturated carbocycles. The number of rotatable bonds is 2. The molecule has 0 aliphatic rings. The molecule has 4 nitrogen and oxygen atoms in total. The summed E-state index contributed by atoms with van der Waals surface area (Å²) in [5.41, 5.74) is 1.84. The van der Waals surface area contributed by atoms with Gasteiger partial charge in [0.2, 0.25) is 0 Å². The summed E-state index contributed by atoms with van der Waals surface area (Å²) in [6.45, 7) is 11.9. The molecule has 0 aromatic heterocycles. The standard InChI is InChI=1S/C20H26N2O2/c1-19(2,3)14-12-15(22-21-13-10-8-7-9-11-13)16(20(4,5)6)18(24)17(14)23/h7-12,23-24H,1-6H3. The predicted octanol–water partition coefficient (Wildman–Crippen LogP) is 6.11. The number of phenols is 2. The molecule has 0 radical (unpaired) electrons. The number of aromatic hydroxyl groups is 2. The second-order valence-electron chi connectivity index (χ2n) is 8.05. The Morgan fingerprint density at radius 2 is 1.33 bits per heavy atom. The minimum Gasteiger partial charge on any atom is -0.504 e. The molecule has 2 N–H and O–H groups in total. The van der Waals surface area contributed by atoms with E-state index in [0.717, 1.165) is 5.69 Å². The lowest BCUT2D eigenvalue weighted by Gasteiger charge is -2.27. The molecule has 24 heavy (non-hydrogen) atoms. The quantitative estimate of drug-likeness (QED) is 0.516. The van der Waals surface area contributed by atoms with Crippen molar-refractivity contribution in [2.75, 3.05) is 0 Å². The van der Waals surface area contributed by atoms with Gasteiger partial charge in [-0.25, -0.2) is 0 Å². The SMILES string of the molecule is CC(C)(C)c1cc(N=Nc2ccccc2)c(C(C)(C)C)c(O)c1O. The van der Waals surface area contributed by atoms with Gasteiger partial charge in [0.25, 0.3) is 0 Å². The number of benzene rings is 2. The molecule has 0 saturated heterocycles. The maximum absolute atomic E-state index is 10.6. The molecule has 128 valence electrons. The van der Waals surface area contributed by atoms with Crippen molar-refractivity contribution in [1.29, 1.82) is 0 Å². The van der Waals surface area contributed by atoms with Crippen LogP contribution in [-0.4, -0.2) is 10.2 Å². The van der Waals surface area contributed by atoms with Gasteiger partial charge < -0.3 is 10.2 Å². The van der Waals surface area contributed by atoms with Gasteiger partial charge in [0, 0.05) is 11.1 Å². The second-order valence-corrected chi connectivity index (χ2v) is 8.05. The summed E-state index contributed by atoms with van der Waals surface area (Å²) >= 11 is 0. The fourth-order valence-electron chi connectivity index (χ4n) is 2.64.